The molecule has 0 aromatic carbocycles. The standard InChI is InChI=1S/C13H23N5O2.2ClH/c1-16-11-12(9-15-16)17-4-6-18(7-5-17)13(19)10-14-3-8-20-2;;/h9,11,14H,3-8,10H2,1-2H3;2*1H. The molecular formula is C13H25Cl2N5O2. The number of anilines is 1. The fourth-order valence-corrected chi connectivity index (χ4v) is 2.27. The maximum absolute atomic E-state index is 12.0. The largest absolute Gasteiger partial charge is 0.383 e. The molecule has 22 heavy (non-hydrogen) atoms. The van der Waals surface area contributed by atoms with Gasteiger partial charge in [-0.25, -0.2) is 0 Å². The first-order valence-corrected chi connectivity index (χ1v) is 6.91. The summed E-state index contributed by atoms with van der Waals surface area (Å²) in [5.41, 5.74) is 1.12. The summed E-state index contributed by atoms with van der Waals surface area (Å²) >= 11 is 0. The smallest absolute Gasteiger partial charge is 0.236 e. The molecule has 1 saturated heterocycles. The number of hydrogen-bond acceptors (Lipinski definition) is 5. The second-order valence-electron chi connectivity index (χ2n) is 4.91. The fourth-order valence-electron chi connectivity index (χ4n) is 2.27. The lowest BCUT2D eigenvalue weighted by Gasteiger charge is -2.35. The molecule has 0 unspecified atom stereocenters. The number of nitrogens with zero attached hydrogens (tertiary/aromatic N) is 4. The lowest BCUT2D eigenvalue weighted by molar-refractivity contribution is -0.130. The van der Waals surface area contributed by atoms with Crippen molar-refractivity contribution in [2.24, 2.45) is 7.05 Å². The van der Waals surface area contributed by atoms with Crippen molar-refractivity contribution in [1.82, 2.24) is 20.0 Å². The summed E-state index contributed by atoms with van der Waals surface area (Å²) in [6, 6.07) is 0. The third kappa shape index (κ3) is 6.00. The Labute approximate surface area is 143 Å². The summed E-state index contributed by atoms with van der Waals surface area (Å²) in [4.78, 5) is 16.2. The normalized spacial score (nSPS) is 14.3. The number of halogens is 2. The van der Waals surface area contributed by atoms with Gasteiger partial charge in [-0.2, -0.15) is 5.10 Å². The van der Waals surface area contributed by atoms with E-state index in [1.54, 1.807) is 11.8 Å². The Morgan fingerprint density at radius 1 is 1.32 bits per heavy atom. The van der Waals surface area contributed by atoms with Gasteiger partial charge in [0.05, 0.1) is 25.0 Å². The number of amides is 1. The Hall–Kier alpha value is -1.02. The predicted molar refractivity (Wildman–Crippen MR) is 91.2 cm³/mol. The van der Waals surface area contributed by atoms with Crippen LogP contribution in [0, 0.1) is 0 Å². The fraction of sp³-hybridized carbons (Fsp3) is 0.692. The topological polar surface area (TPSA) is 62.6 Å². The predicted octanol–water partition coefficient (Wildman–Crippen LogP) is 0.148. The first kappa shape index (κ1) is 21.0. The molecule has 1 aliphatic rings. The van der Waals surface area contributed by atoms with Gasteiger partial charge in [0.2, 0.25) is 5.91 Å². The molecule has 7 nitrogen and oxygen atoms in total. The van der Waals surface area contributed by atoms with E-state index in [0.29, 0.717) is 19.7 Å². The van der Waals surface area contributed by atoms with Crippen LogP contribution in [0.3, 0.4) is 0 Å². The minimum absolute atomic E-state index is 0. The van der Waals surface area contributed by atoms with Crippen LogP contribution in [-0.4, -0.2) is 73.6 Å². The SMILES string of the molecule is COCCNCC(=O)N1CCN(c2cnn(C)c2)CC1.Cl.Cl. The lowest BCUT2D eigenvalue weighted by Crippen LogP contribution is -2.51. The molecular weight excluding hydrogens is 329 g/mol. The van der Waals surface area contributed by atoms with E-state index in [0.717, 1.165) is 31.9 Å². The van der Waals surface area contributed by atoms with E-state index in [1.165, 1.54) is 0 Å². The van der Waals surface area contributed by atoms with E-state index in [-0.39, 0.29) is 30.7 Å². The van der Waals surface area contributed by atoms with Crippen molar-refractivity contribution >= 4 is 36.4 Å². The van der Waals surface area contributed by atoms with E-state index in [9.17, 15) is 4.79 Å². The van der Waals surface area contributed by atoms with Crippen LogP contribution in [0.5, 0.6) is 0 Å². The van der Waals surface area contributed by atoms with Gasteiger partial charge in [-0.15, -0.1) is 24.8 Å². The molecule has 0 radical (unpaired) electrons. The lowest BCUT2D eigenvalue weighted by atomic mass is 10.3. The zero-order valence-electron chi connectivity index (χ0n) is 13.0. The monoisotopic (exact) mass is 353 g/mol. The van der Waals surface area contributed by atoms with Crippen LogP contribution in [0.2, 0.25) is 0 Å². The van der Waals surface area contributed by atoms with Gasteiger partial charge in [0.1, 0.15) is 0 Å². The number of carbonyl (C=O) groups excluding carboxylic acids is 1. The number of nitrogens with one attached hydrogen (secondary N) is 1. The van der Waals surface area contributed by atoms with Crippen LogP contribution < -0.4 is 10.2 Å². The van der Waals surface area contributed by atoms with Crippen LogP contribution in [0.4, 0.5) is 5.69 Å². The summed E-state index contributed by atoms with van der Waals surface area (Å²) in [7, 11) is 3.57. The molecule has 2 heterocycles. The van der Waals surface area contributed by atoms with Crippen molar-refractivity contribution in [2.75, 3.05) is 57.9 Å². The second-order valence-corrected chi connectivity index (χ2v) is 4.91. The Balaban J connectivity index is 0.00000220. The Kier molecular flexibility index (Phi) is 10.2. The number of rotatable bonds is 6. The zero-order chi connectivity index (χ0) is 14.4. The third-order valence-corrected chi connectivity index (χ3v) is 3.45. The molecule has 1 amide bonds. The second kappa shape index (κ2) is 10.7. The quantitative estimate of drug-likeness (QED) is 0.737. The van der Waals surface area contributed by atoms with Gasteiger partial charge < -0.3 is 19.9 Å². The van der Waals surface area contributed by atoms with Crippen molar-refractivity contribution in [1.29, 1.82) is 0 Å². The average molecular weight is 354 g/mol. The molecule has 128 valence electrons. The first-order chi connectivity index (χ1) is 9.70. The Bertz CT molecular complexity index is 436. The molecule has 9 heteroatoms. The van der Waals surface area contributed by atoms with Crippen molar-refractivity contribution < 1.29 is 9.53 Å². The van der Waals surface area contributed by atoms with E-state index >= 15 is 0 Å². The van der Waals surface area contributed by atoms with Gasteiger partial charge in [0.25, 0.3) is 0 Å². The molecule has 0 aliphatic carbocycles. The molecule has 0 atom stereocenters. The van der Waals surface area contributed by atoms with Crippen LogP contribution >= 0.6 is 24.8 Å². The van der Waals surface area contributed by atoms with Gasteiger partial charge in [-0.1, -0.05) is 0 Å². The molecule has 0 saturated carbocycles. The van der Waals surface area contributed by atoms with Gasteiger partial charge in [-0.05, 0) is 0 Å². The van der Waals surface area contributed by atoms with E-state index in [4.69, 9.17) is 4.74 Å². The molecule has 1 N–H and O–H groups in total. The number of ether oxygens (including phenoxy) is 1. The number of carbonyl (C=O) groups is 1. The van der Waals surface area contributed by atoms with Crippen LogP contribution in [-0.2, 0) is 16.6 Å². The minimum Gasteiger partial charge on any atom is -0.383 e. The van der Waals surface area contributed by atoms with Crippen LogP contribution in [0.25, 0.3) is 0 Å². The highest BCUT2D eigenvalue weighted by Crippen LogP contribution is 2.14. The van der Waals surface area contributed by atoms with Gasteiger partial charge >= 0.3 is 0 Å². The Morgan fingerprint density at radius 3 is 2.55 bits per heavy atom. The van der Waals surface area contributed by atoms with Crippen molar-refractivity contribution in [3.05, 3.63) is 12.4 Å². The summed E-state index contributed by atoms with van der Waals surface area (Å²) in [6.07, 6.45) is 3.87. The van der Waals surface area contributed by atoms with E-state index in [2.05, 4.69) is 15.3 Å². The molecule has 1 aliphatic heterocycles. The van der Waals surface area contributed by atoms with E-state index in [1.807, 2.05) is 24.3 Å². The highest BCUT2D eigenvalue weighted by Gasteiger charge is 2.21. The molecule has 0 spiro atoms. The molecule has 0 bridgehead atoms. The van der Waals surface area contributed by atoms with Gasteiger partial charge in [0, 0.05) is 53.1 Å². The molecule has 1 fully saturated rings. The van der Waals surface area contributed by atoms with Crippen molar-refractivity contribution in [3.8, 4) is 0 Å². The van der Waals surface area contributed by atoms with Crippen LogP contribution in [0.15, 0.2) is 12.4 Å². The third-order valence-electron chi connectivity index (χ3n) is 3.45. The summed E-state index contributed by atoms with van der Waals surface area (Å²) < 4.78 is 6.73. The maximum Gasteiger partial charge on any atom is 0.236 e. The number of piperazine rings is 1. The highest BCUT2D eigenvalue weighted by atomic mass is 35.5. The first-order valence-electron chi connectivity index (χ1n) is 6.91. The molecule has 1 aromatic rings. The molecule has 1 aromatic heterocycles. The number of aromatic nitrogens is 2. The Morgan fingerprint density at radius 2 is 2.00 bits per heavy atom. The van der Waals surface area contributed by atoms with E-state index < -0.39 is 0 Å². The number of hydrogen-bond donors (Lipinski definition) is 1. The number of methoxy groups -OCH3 is 1. The summed E-state index contributed by atoms with van der Waals surface area (Å²) in [6.45, 7) is 4.96. The maximum atomic E-state index is 12.0. The highest BCUT2D eigenvalue weighted by molar-refractivity contribution is 5.85. The van der Waals surface area contributed by atoms with Gasteiger partial charge in [0.15, 0.2) is 0 Å². The molecule has 2 rings (SSSR count). The van der Waals surface area contributed by atoms with Crippen molar-refractivity contribution in [2.45, 2.75) is 0 Å². The van der Waals surface area contributed by atoms with Gasteiger partial charge in [-0.3, -0.25) is 9.48 Å². The average Bonchev–Trinajstić information content (AvgIpc) is 2.90. The number of aryl methyl sites for hydroxylation is 1. The minimum atomic E-state index is 0. The summed E-state index contributed by atoms with van der Waals surface area (Å²) in [5, 5.41) is 7.26. The summed E-state index contributed by atoms with van der Waals surface area (Å²) in [5.74, 6) is 0.159. The van der Waals surface area contributed by atoms with Crippen molar-refractivity contribution in [3.63, 3.8) is 0 Å². The zero-order valence-corrected chi connectivity index (χ0v) is 14.7. The van der Waals surface area contributed by atoms with Crippen LogP contribution in [0.1, 0.15) is 0 Å².